The van der Waals surface area contributed by atoms with E-state index in [1.165, 1.54) is 25.7 Å². The molecule has 1 aromatic heterocycles. The predicted octanol–water partition coefficient (Wildman–Crippen LogP) is 4.55. The number of methoxy groups -OCH3 is 1. The van der Waals surface area contributed by atoms with Gasteiger partial charge in [-0.25, -0.2) is 4.98 Å². The first-order valence-corrected chi connectivity index (χ1v) is 8.24. The van der Waals surface area contributed by atoms with Gasteiger partial charge in [-0.15, -0.1) is 0 Å². The molecule has 2 N–H and O–H groups in total. The van der Waals surface area contributed by atoms with E-state index in [9.17, 15) is 0 Å². The summed E-state index contributed by atoms with van der Waals surface area (Å²) in [7, 11) is 1.62. The summed E-state index contributed by atoms with van der Waals surface area (Å²) in [5.41, 5.74) is 1.77. The molecule has 2 aromatic rings. The summed E-state index contributed by atoms with van der Waals surface area (Å²) in [4.78, 5) is 8.82. The molecule has 1 aliphatic rings. The van der Waals surface area contributed by atoms with Crippen molar-refractivity contribution < 1.29 is 4.74 Å². The zero-order chi connectivity index (χ0) is 16.2. The van der Waals surface area contributed by atoms with Crippen molar-refractivity contribution in [2.75, 3.05) is 17.7 Å². The quantitative estimate of drug-likeness (QED) is 0.841. The number of hydrogen-bond acceptors (Lipinski definition) is 5. The van der Waals surface area contributed by atoms with E-state index in [1.807, 2.05) is 19.1 Å². The van der Waals surface area contributed by atoms with Crippen LogP contribution in [0.25, 0.3) is 0 Å². The average Bonchev–Trinajstić information content (AvgIpc) is 3.04. The maximum Gasteiger partial charge on any atom is 0.229 e. The molecule has 1 aromatic carbocycles. The summed E-state index contributed by atoms with van der Waals surface area (Å²) in [5, 5.41) is 7.35. The minimum absolute atomic E-state index is 0.519. The number of nitrogens with zero attached hydrogens (tertiary/aromatic N) is 2. The lowest BCUT2D eigenvalue weighted by Crippen LogP contribution is -2.16. The van der Waals surface area contributed by atoms with E-state index in [0.717, 1.165) is 17.1 Å². The Bertz CT molecular complexity index is 686. The number of halogens is 1. The summed E-state index contributed by atoms with van der Waals surface area (Å²) in [6, 6.07) is 6.14. The molecule has 1 heterocycles. The van der Waals surface area contributed by atoms with Crippen molar-refractivity contribution in [3.63, 3.8) is 0 Å². The van der Waals surface area contributed by atoms with Crippen LogP contribution in [-0.2, 0) is 0 Å². The third-order valence-corrected chi connectivity index (χ3v) is 4.50. The average molecular weight is 333 g/mol. The Kier molecular flexibility index (Phi) is 4.86. The first-order chi connectivity index (χ1) is 11.2. The van der Waals surface area contributed by atoms with Crippen LogP contribution in [0.1, 0.15) is 31.2 Å². The first-order valence-electron chi connectivity index (χ1n) is 7.86. The Labute approximate surface area is 141 Å². The highest BCUT2D eigenvalue weighted by Gasteiger charge is 2.15. The van der Waals surface area contributed by atoms with Gasteiger partial charge in [0.2, 0.25) is 5.95 Å². The molecule has 23 heavy (non-hydrogen) atoms. The fraction of sp³-hybridized carbons (Fsp3) is 0.412. The van der Waals surface area contributed by atoms with E-state index < -0.39 is 0 Å². The third-order valence-electron chi connectivity index (χ3n) is 4.09. The van der Waals surface area contributed by atoms with Gasteiger partial charge in [0, 0.05) is 23.3 Å². The van der Waals surface area contributed by atoms with Crippen LogP contribution in [0.15, 0.2) is 24.4 Å². The van der Waals surface area contributed by atoms with E-state index in [0.29, 0.717) is 22.8 Å². The van der Waals surface area contributed by atoms with Gasteiger partial charge < -0.3 is 15.4 Å². The molecule has 0 saturated heterocycles. The molecule has 6 heteroatoms. The lowest BCUT2D eigenvalue weighted by Gasteiger charge is -2.15. The standard InChI is InChI=1S/C17H21ClN4O/c1-11-9-14(15(23-2)10-13(11)18)21-17-19-8-7-16(22-17)20-12-5-3-4-6-12/h7-10,12H,3-6H2,1-2H3,(H2,19,20,21,22). The number of ether oxygens (including phenoxy) is 1. The number of anilines is 3. The molecule has 0 spiro atoms. The van der Waals surface area contributed by atoms with E-state index >= 15 is 0 Å². The molecule has 0 aliphatic heterocycles. The first kappa shape index (κ1) is 15.9. The minimum atomic E-state index is 0.519. The minimum Gasteiger partial charge on any atom is -0.495 e. The zero-order valence-electron chi connectivity index (χ0n) is 13.4. The van der Waals surface area contributed by atoms with Crippen LogP contribution in [0.3, 0.4) is 0 Å². The summed E-state index contributed by atoms with van der Waals surface area (Å²) in [6.45, 7) is 1.95. The topological polar surface area (TPSA) is 59.1 Å². The zero-order valence-corrected chi connectivity index (χ0v) is 14.2. The van der Waals surface area contributed by atoms with Gasteiger partial charge in [0.05, 0.1) is 12.8 Å². The molecule has 3 rings (SSSR count). The monoisotopic (exact) mass is 332 g/mol. The van der Waals surface area contributed by atoms with Crippen LogP contribution < -0.4 is 15.4 Å². The Morgan fingerprint density at radius 1 is 1.26 bits per heavy atom. The SMILES string of the molecule is COc1cc(Cl)c(C)cc1Nc1nccc(NC2CCCC2)n1. The number of hydrogen-bond donors (Lipinski definition) is 2. The highest BCUT2D eigenvalue weighted by Crippen LogP contribution is 2.32. The Hall–Kier alpha value is -2.01. The predicted molar refractivity (Wildman–Crippen MR) is 93.9 cm³/mol. The van der Waals surface area contributed by atoms with E-state index in [2.05, 4.69) is 20.6 Å². The highest BCUT2D eigenvalue weighted by molar-refractivity contribution is 6.31. The van der Waals surface area contributed by atoms with E-state index in [4.69, 9.17) is 16.3 Å². The number of aryl methyl sites for hydroxylation is 1. The van der Waals surface area contributed by atoms with Crippen molar-refractivity contribution in [1.29, 1.82) is 0 Å². The lowest BCUT2D eigenvalue weighted by atomic mass is 10.2. The fourth-order valence-corrected chi connectivity index (χ4v) is 2.98. The molecule has 0 unspecified atom stereocenters. The maximum absolute atomic E-state index is 6.14. The summed E-state index contributed by atoms with van der Waals surface area (Å²) in [6.07, 6.45) is 6.74. The van der Waals surface area contributed by atoms with Crippen molar-refractivity contribution in [1.82, 2.24) is 9.97 Å². The van der Waals surface area contributed by atoms with Crippen molar-refractivity contribution >= 4 is 29.1 Å². The van der Waals surface area contributed by atoms with Crippen LogP contribution in [0, 0.1) is 6.92 Å². The molecule has 0 amide bonds. The van der Waals surface area contributed by atoms with Crippen molar-refractivity contribution in [2.45, 2.75) is 38.6 Å². The number of benzene rings is 1. The fourth-order valence-electron chi connectivity index (χ4n) is 2.83. The Morgan fingerprint density at radius 2 is 2.04 bits per heavy atom. The van der Waals surface area contributed by atoms with Gasteiger partial charge in [-0.2, -0.15) is 4.98 Å². The van der Waals surface area contributed by atoms with Crippen molar-refractivity contribution in [3.8, 4) is 5.75 Å². The highest BCUT2D eigenvalue weighted by atomic mass is 35.5. The van der Waals surface area contributed by atoms with Crippen LogP contribution in [0.4, 0.5) is 17.5 Å². The molecule has 1 fully saturated rings. The number of nitrogens with one attached hydrogen (secondary N) is 2. The molecule has 1 saturated carbocycles. The normalized spacial score (nSPS) is 14.7. The van der Waals surface area contributed by atoms with Crippen LogP contribution in [0.2, 0.25) is 5.02 Å². The summed E-state index contributed by atoms with van der Waals surface area (Å²) < 4.78 is 5.37. The smallest absolute Gasteiger partial charge is 0.229 e. The van der Waals surface area contributed by atoms with Crippen molar-refractivity contribution in [2.24, 2.45) is 0 Å². The largest absolute Gasteiger partial charge is 0.495 e. The molecule has 0 atom stereocenters. The van der Waals surface area contributed by atoms with Gasteiger partial charge in [-0.1, -0.05) is 24.4 Å². The van der Waals surface area contributed by atoms with Gasteiger partial charge in [-0.05, 0) is 37.5 Å². The Morgan fingerprint density at radius 3 is 2.78 bits per heavy atom. The third kappa shape index (κ3) is 3.85. The second-order valence-corrected chi connectivity index (χ2v) is 6.23. The van der Waals surface area contributed by atoms with Gasteiger partial charge in [0.15, 0.2) is 0 Å². The maximum atomic E-state index is 6.14. The summed E-state index contributed by atoms with van der Waals surface area (Å²) in [5.74, 6) is 2.05. The molecule has 0 bridgehead atoms. The number of rotatable bonds is 5. The molecule has 0 radical (unpaired) electrons. The van der Waals surface area contributed by atoms with Gasteiger partial charge in [-0.3, -0.25) is 0 Å². The molecule has 5 nitrogen and oxygen atoms in total. The lowest BCUT2D eigenvalue weighted by molar-refractivity contribution is 0.416. The van der Waals surface area contributed by atoms with Gasteiger partial charge in [0.1, 0.15) is 11.6 Å². The van der Waals surface area contributed by atoms with Crippen LogP contribution in [-0.4, -0.2) is 23.1 Å². The molecule has 122 valence electrons. The molecular formula is C17H21ClN4O. The second kappa shape index (κ2) is 7.04. The van der Waals surface area contributed by atoms with E-state index in [1.54, 1.807) is 19.4 Å². The number of aromatic nitrogens is 2. The van der Waals surface area contributed by atoms with Crippen LogP contribution in [0.5, 0.6) is 5.75 Å². The molecular weight excluding hydrogens is 312 g/mol. The Balaban J connectivity index is 1.78. The molecule has 1 aliphatic carbocycles. The second-order valence-electron chi connectivity index (χ2n) is 5.82. The van der Waals surface area contributed by atoms with E-state index in [-0.39, 0.29) is 0 Å². The van der Waals surface area contributed by atoms with Gasteiger partial charge in [0.25, 0.3) is 0 Å². The van der Waals surface area contributed by atoms with Gasteiger partial charge >= 0.3 is 0 Å². The summed E-state index contributed by atoms with van der Waals surface area (Å²) >= 11 is 6.14. The van der Waals surface area contributed by atoms with Crippen LogP contribution >= 0.6 is 11.6 Å². The van der Waals surface area contributed by atoms with Crippen molar-refractivity contribution in [3.05, 3.63) is 35.0 Å².